The number of aryl methyl sites for hydroxylation is 1. The van der Waals surface area contributed by atoms with Crippen molar-refractivity contribution in [2.24, 2.45) is 0 Å². The number of amides is 2. The topological polar surface area (TPSA) is 136 Å². The fraction of sp³-hybridized carbons (Fsp3) is 0.130. The van der Waals surface area contributed by atoms with Gasteiger partial charge in [-0.05, 0) is 49.4 Å². The second-order valence-electron chi connectivity index (χ2n) is 7.39. The zero-order chi connectivity index (χ0) is 24.9. The molecule has 0 aliphatic rings. The smallest absolute Gasteiger partial charge is 0.339 e. The molecule has 10 nitrogen and oxygen atoms in total. The highest BCUT2D eigenvalue weighted by atomic mass is 32.2. The summed E-state index contributed by atoms with van der Waals surface area (Å²) in [6.45, 7) is 1.74. The Morgan fingerprint density at radius 1 is 1.03 bits per heavy atom. The Bertz CT molecular complexity index is 1320. The van der Waals surface area contributed by atoms with E-state index in [4.69, 9.17) is 4.18 Å². The molecule has 11 heteroatoms. The van der Waals surface area contributed by atoms with Gasteiger partial charge < -0.3 is 14.4 Å². The molecule has 0 aromatic heterocycles. The summed E-state index contributed by atoms with van der Waals surface area (Å²) in [5.74, 6) is -0.905. The van der Waals surface area contributed by atoms with Gasteiger partial charge in [0.05, 0.1) is 11.5 Å². The Morgan fingerprint density at radius 2 is 1.68 bits per heavy atom. The standard InChI is InChI=1S/C23H21N3O7S/c1-16-6-10-18(11-7-16)24-22(27)15-25(2)23(28)17-8-12-20(13-9-17)33-34(31,32)21-5-3-4-19(14-21)26(29)30/h3-14H,15H2,1-2H3,(H,24,27). The number of non-ortho nitro benzene ring substituents is 1. The molecule has 34 heavy (non-hydrogen) atoms. The van der Waals surface area contributed by atoms with Gasteiger partial charge in [0.25, 0.3) is 11.6 Å². The number of hydrogen-bond acceptors (Lipinski definition) is 7. The van der Waals surface area contributed by atoms with E-state index in [2.05, 4.69) is 5.32 Å². The normalized spacial score (nSPS) is 10.9. The molecule has 0 radical (unpaired) electrons. The van der Waals surface area contributed by atoms with E-state index in [0.29, 0.717) is 5.69 Å². The molecule has 0 heterocycles. The predicted molar refractivity (Wildman–Crippen MR) is 124 cm³/mol. The van der Waals surface area contributed by atoms with E-state index in [-0.39, 0.29) is 34.3 Å². The van der Waals surface area contributed by atoms with E-state index in [0.717, 1.165) is 17.7 Å². The minimum atomic E-state index is -4.32. The summed E-state index contributed by atoms with van der Waals surface area (Å²) in [5.41, 5.74) is 1.49. The lowest BCUT2D eigenvalue weighted by Crippen LogP contribution is -2.34. The van der Waals surface area contributed by atoms with Crippen LogP contribution in [0.4, 0.5) is 11.4 Å². The third-order valence-corrected chi connectivity index (χ3v) is 5.93. The van der Waals surface area contributed by atoms with Gasteiger partial charge in [0.1, 0.15) is 10.6 Å². The third-order valence-electron chi connectivity index (χ3n) is 4.69. The van der Waals surface area contributed by atoms with Gasteiger partial charge in [0.15, 0.2) is 0 Å². The number of anilines is 1. The predicted octanol–water partition coefficient (Wildman–Crippen LogP) is 3.38. The van der Waals surface area contributed by atoms with Crippen LogP contribution in [-0.2, 0) is 14.9 Å². The Morgan fingerprint density at radius 3 is 2.29 bits per heavy atom. The molecule has 0 spiro atoms. The lowest BCUT2D eigenvalue weighted by atomic mass is 10.2. The number of hydrogen-bond donors (Lipinski definition) is 1. The Balaban J connectivity index is 1.63. The molecule has 0 bridgehead atoms. The maximum Gasteiger partial charge on any atom is 0.339 e. The van der Waals surface area contributed by atoms with Crippen LogP contribution in [0.3, 0.4) is 0 Å². The van der Waals surface area contributed by atoms with Crippen molar-refractivity contribution in [2.75, 3.05) is 18.9 Å². The van der Waals surface area contributed by atoms with Crippen LogP contribution >= 0.6 is 0 Å². The Labute approximate surface area is 196 Å². The summed E-state index contributed by atoms with van der Waals surface area (Å²) >= 11 is 0. The molecule has 0 unspecified atom stereocenters. The third kappa shape index (κ3) is 6.17. The summed E-state index contributed by atoms with van der Waals surface area (Å²) < 4.78 is 29.9. The summed E-state index contributed by atoms with van der Waals surface area (Å²) in [6, 6.07) is 17.0. The van der Waals surface area contributed by atoms with Crippen LogP contribution in [0.1, 0.15) is 15.9 Å². The minimum Gasteiger partial charge on any atom is -0.379 e. The van der Waals surface area contributed by atoms with Gasteiger partial charge in [-0.25, -0.2) is 0 Å². The van der Waals surface area contributed by atoms with E-state index in [1.807, 2.05) is 19.1 Å². The zero-order valence-corrected chi connectivity index (χ0v) is 19.1. The first-order valence-electron chi connectivity index (χ1n) is 9.96. The van der Waals surface area contributed by atoms with Crippen molar-refractivity contribution in [1.82, 2.24) is 4.90 Å². The lowest BCUT2D eigenvalue weighted by molar-refractivity contribution is -0.385. The summed E-state index contributed by atoms with van der Waals surface area (Å²) in [6.07, 6.45) is 0. The first kappa shape index (κ1) is 24.4. The number of nitro groups is 1. The van der Waals surface area contributed by atoms with Crippen molar-refractivity contribution in [3.05, 3.63) is 94.0 Å². The van der Waals surface area contributed by atoms with E-state index in [1.54, 1.807) is 12.1 Å². The molecule has 3 aromatic rings. The highest BCUT2D eigenvalue weighted by Gasteiger charge is 2.21. The molecule has 0 fully saturated rings. The van der Waals surface area contributed by atoms with Crippen molar-refractivity contribution >= 4 is 33.3 Å². The quantitative estimate of drug-likeness (QED) is 0.295. The first-order chi connectivity index (χ1) is 16.0. The first-order valence-corrected chi connectivity index (χ1v) is 11.4. The second-order valence-corrected chi connectivity index (χ2v) is 8.94. The van der Waals surface area contributed by atoms with Crippen LogP contribution in [-0.4, -0.2) is 43.6 Å². The maximum atomic E-state index is 12.6. The van der Waals surface area contributed by atoms with Crippen LogP contribution in [0.25, 0.3) is 0 Å². The van der Waals surface area contributed by atoms with Gasteiger partial charge in [-0.3, -0.25) is 19.7 Å². The van der Waals surface area contributed by atoms with Crippen LogP contribution in [0.5, 0.6) is 5.75 Å². The number of likely N-dealkylation sites (N-methyl/N-ethyl adjacent to an activating group) is 1. The van der Waals surface area contributed by atoms with E-state index in [1.165, 1.54) is 48.3 Å². The maximum absolute atomic E-state index is 12.6. The van der Waals surface area contributed by atoms with Crippen LogP contribution in [0.15, 0.2) is 77.7 Å². The number of nitro benzene ring substituents is 1. The van der Waals surface area contributed by atoms with Gasteiger partial charge in [-0.1, -0.05) is 23.8 Å². The molecule has 0 aliphatic heterocycles. The van der Waals surface area contributed by atoms with Gasteiger partial charge in [0.2, 0.25) is 5.91 Å². The lowest BCUT2D eigenvalue weighted by Gasteiger charge is -2.17. The minimum absolute atomic E-state index is 0.0807. The fourth-order valence-electron chi connectivity index (χ4n) is 2.93. The molecule has 0 saturated heterocycles. The molecule has 3 aromatic carbocycles. The number of nitrogens with zero attached hydrogens (tertiary/aromatic N) is 2. The molecule has 0 saturated carbocycles. The molecular weight excluding hydrogens is 462 g/mol. The van der Waals surface area contributed by atoms with E-state index < -0.39 is 20.9 Å². The van der Waals surface area contributed by atoms with Crippen molar-refractivity contribution < 1.29 is 27.1 Å². The molecule has 0 aliphatic carbocycles. The molecule has 0 atom stereocenters. The largest absolute Gasteiger partial charge is 0.379 e. The monoisotopic (exact) mass is 483 g/mol. The van der Waals surface area contributed by atoms with Crippen molar-refractivity contribution in [3.8, 4) is 5.75 Å². The number of benzene rings is 3. The highest BCUT2D eigenvalue weighted by molar-refractivity contribution is 7.87. The van der Waals surface area contributed by atoms with E-state index >= 15 is 0 Å². The summed E-state index contributed by atoms with van der Waals surface area (Å²) in [4.78, 5) is 35.9. The number of carbonyl (C=O) groups excluding carboxylic acids is 2. The number of carbonyl (C=O) groups is 2. The average molecular weight is 484 g/mol. The van der Waals surface area contributed by atoms with Gasteiger partial charge in [0, 0.05) is 30.4 Å². The molecule has 3 rings (SSSR count). The molecule has 2 amide bonds. The van der Waals surface area contributed by atoms with Gasteiger partial charge in [-0.15, -0.1) is 0 Å². The molecule has 176 valence electrons. The molecule has 1 N–H and O–H groups in total. The van der Waals surface area contributed by atoms with Gasteiger partial charge >= 0.3 is 10.1 Å². The van der Waals surface area contributed by atoms with Crippen molar-refractivity contribution in [1.29, 1.82) is 0 Å². The zero-order valence-electron chi connectivity index (χ0n) is 18.3. The van der Waals surface area contributed by atoms with Crippen LogP contribution in [0, 0.1) is 17.0 Å². The van der Waals surface area contributed by atoms with Gasteiger partial charge in [-0.2, -0.15) is 8.42 Å². The summed E-state index contributed by atoms with van der Waals surface area (Å²) in [7, 11) is -2.85. The van der Waals surface area contributed by atoms with E-state index in [9.17, 15) is 28.1 Å². The van der Waals surface area contributed by atoms with Crippen LogP contribution in [0.2, 0.25) is 0 Å². The fourth-order valence-corrected chi connectivity index (χ4v) is 3.90. The summed E-state index contributed by atoms with van der Waals surface area (Å²) in [5, 5.41) is 13.6. The second kappa shape index (κ2) is 10.1. The van der Waals surface area contributed by atoms with Crippen molar-refractivity contribution in [3.63, 3.8) is 0 Å². The highest BCUT2D eigenvalue weighted by Crippen LogP contribution is 2.22. The Kier molecular flexibility index (Phi) is 7.27. The van der Waals surface area contributed by atoms with Crippen molar-refractivity contribution in [2.45, 2.75) is 11.8 Å². The average Bonchev–Trinajstić information content (AvgIpc) is 2.80. The molecular formula is C23H21N3O7S. The Hall–Kier alpha value is -4.25. The number of nitrogens with one attached hydrogen (secondary N) is 1. The van der Waals surface area contributed by atoms with Crippen LogP contribution < -0.4 is 9.50 Å². The number of rotatable bonds is 8. The SMILES string of the molecule is Cc1ccc(NC(=O)CN(C)C(=O)c2ccc(OS(=O)(=O)c3cccc([N+](=O)[O-])c3)cc2)cc1.